The quantitative estimate of drug-likeness (QED) is 0.599. The van der Waals surface area contributed by atoms with Gasteiger partial charge in [-0.1, -0.05) is 17.7 Å². The number of benzene rings is 2. The number of hydrogen-bond acceptors (Lipinski definition) is 5. The molecule has 9 heteroatoms. The Morgan fingerprint density at radius 1 is 1.15 bits per heavy atom. The third-order valence-electron chi connectivity index (χ3n) is 4.02. The van der Waals surface area contributed by atoms with Crippen LogP contribution in [0, 0.1) is 10.1 Å². The van der Waals surface area contributed by atoms with Gasteiger partial charge in [-0.25, -0.2) is 0 Å². The predicted octanol–water partition coefficient (Wildman–Crippen LogP) is 3.62. The van der Waals surface area contributed by atoms with Crippen LogP contribution in [-0.4, -0.2) is 29.4 Å². The van der Waals surface area contributed by atoms with Crippen molar-refractivity contribution in [2.75, 3.05) is 17.2 Å². The summed E-state index contributed by atoms with van der Waals surface area (Å²) in [6.45, 7) is 0.563. The highest BCUT2D eigenvalue weighted by Crippen LogP contribution is 2.27. The molecule has 140 valence electrons. The van der Waals surface area contributed by atoms with Crippen molar-refractivity contribution in [3.63, 3.8) is 0 Å². The second-order valence-electron chi connectivity index (χ2n) is 5.95. The van der Waals surface area contributed by atoms with Crippen LogP contribution in [0.25, 0.3) is 0 Å². The lowest BCUT2D eigenvalue weighted by Gasteiger charge is -2.11. The molecule has 2 aromatic carbocycles. The molecule has 1 fully saturated rings. The summed E-state index contributed by atoms with van der Waals surface area (Å²) in [6, 6.07) is 10.4. The van der Waals surface area contributed by atoms with E-state index in [0.29, 0.717) is 18.7 Å². The Morgan fingerprint density at radius 2 is 1.93 bits per heavy atom. The summed E-state index contributed by atoms with van der Waals surface area (Å²) in [5.74, 6) is -0.724. The number of amides is 2. The van der Waals surface area contributed by atoms with E-state index >= 15 is 0 Å². The molecule has 0 radical (unpaired) electrons. The predicted molar refractivity (Wildman–Crippen MR) is 100 cm³/mol. The molecule has 27 heavy (non-hydrogen) atoms. The maximum Gasteiger partial charge on any atom is 0.289 e. The van der Waals surface area contributed by atoms with Gasteiger partial charge in [0.15, 0.2) is 0 Å². The number of halogens is 1. The molecule has 1 atom stereocenters. The van der Waals surface area contributed by atoms with E-state index in [9.17, 15) is 19.7 Å². The molecule has 0 aromatic heterocycles. The fraction of sp³-hybridized carbons (Fsp3) is 0.222. The molecule has 0 bridgehead atoms. The molecule has 8 nitrogen and oxygen atoms in total. The number of nitrogens with zero attached hydrogens (tertiary/aromatic N) is 1. The number of rotatable bonds is 5. The Kier molecular flexibility index (Phi) is 5.68. The van der Waals surface area contributed by atoms with Crippen molar-refractivity contribution in [3.05, 3.63) is 63.2 Å². The lowest BCUT2D eigenvalue weighted by atomic mass is 10.1. The number of nitro groups is 1. The SMILES string of the molecule is O=C(Nc1ccc(Cl)c([N+](=O)[O-])c1)c1cccc(NC(=O)C2CCCO2)c1. The Hall–Kier alpha value is -2.97. The van der Waals surface area contributed by atoms with Gasteiger partial charge in [-0.05, 0) is 43.2 Å². The van der Waals surface area contributed by atoms with Gasteiger partial charge in [0.25, 0.3) is 17.5 Å². The first-order valence-corrected chi connectivity index (χ1v) is 8.59. The zero-order chi connectivity index (χ0) is 19.4. The van der Waals surface area contributed by atoms with Crippen LogP contribution in [0.4, 0.5) is 17.1 Å². The average Bonchev–Trinajstić information content (AvgIpc) is 3.18. The molecular weight excluding hydrogens is 374 g/mol. The fourth-order valence-electron chi connectivity index (χ4n) is 2.68. The first kappa shape index (κ1) is 18.8. The van der Waals surface area contributed by atoms with Crippen LogP contribution in [0.1, 0.15) is 23.2 Å². The fourth-order valence-corrected chi connectivity index (χ4v) is 2.87. The van der Waals surface area contributed by atoms with Crippen molar-refractivity contribution in [2.24, 2.45) is 0 Å². The number of nitro benzene ring substituents is 1. The molecule has 0 spiro atoms. The maximum atomic E-state index is 12.4. The van der Waals surface area contributed by atoms with Gasteiger partial charge in [-0.2, -0.15) is 0 Å². The number of carbonyl (C=O) groups excluding carboxylic acids is 2. The van der Waals surface area contributed by atoms with Crippen molar-refractivity contribution in [3.8, 4) is 0 Å². The van der Waals surface area contributed by atoms with Gasteiger partial charge in [0.2, 0.25) is 0 Å². The highest BCUT2D eigenvalue weighted by atomic mass is 35.5. The van der Waals surface area contributed by atoms with Crippen LogP contribution in [0.3, 0.4) is 0 Å². The van der Waals surface area contributed by atoms with Crippen LogP contribution in [0.5, 0.6) is 0 Å². The van der Waals surface area contributed by atoms with Crippen LogP contribution >= 0.6 is 11.6 Å². The summed E-state index contributed by atoms with van der Waals surface area (Å²) >= 11 is 5.76. The molecule has 1 unspecified atom stereocenters. The zero-order valence-corrected chi connectivity index (χ0v) is 14.9. The lowest BCUT2D eigenvalue weighted by molar-refractivity contribution is -0.384. The van der Waals surface area contributed by atoms with Crippen molar-refractivity contribution in [2.45, 2.75) is 18.9 Å². The van der Waals surface area contributed by atoms with Gasteiger partial charge in [0, 0.05) is 29.6 Å². The Morgan fingerprint density at radius 3 is 2.63 bits per heavy atom. The summed E-state index contributed by atoms with van der Waals surface area (Å²) in [5, 5.41) is 16.2. The van der Waals surface area contributed by atoms with Crippen LogP contribution in [-0.2, 0) is 9.53 Å². The van der Waals surface area contributed by atoms with E-state index in [-0.39, 0.29) is 27.9 Å². The summed E-state index contributed by atoms with van der Waals surface area (Å²) < 4.78 is 5.33. The molecule has 0 aliphatic carbocycles. The average molecular weight is 390 g/mol. The summed E-state index contributed by atoms with van der Waals surface area (Å²) in [4.78, 5) is 34.8. The van der Waals surface area contributed by atoms with Crippen molar-refractivity contribution < 1.29 is 19.2 Å². The van der Waals surface area contributed by atoms with E-state index in [0.717, 1.165) is 6.42 Å². The third kappa shape index (κ3) is 4.60. The van der Waals surface area contributed by atoms with Gasteiger partial charge >= 0.3 is 0 Å². The number of ether oxygens (including phenoxy) is 1. The summed E-state index contributed by atoms with van der Waals surface area (Å²) in [5.41, 5.74) is 0.694. The molecule has 1 aliphatic heterocycles. The van der Waals surface area contributed by atoms with Crippen LogP contribution in [0.15, 0.2) is 42.5 Å². The van der Waals surface area contributed by atoms with Crippen molar-refractivity contribution in [1.82, 2.24) is 0 Å². The van der Waals surface area contributed by atoms with Gasteiger partial charge in [0.05, 0.1) is 4.92 Å². The monoisotopic (exact) mass is 389 g/mol. The van der Waals surface area contributed by atoms with Crippen molar-refractivity contribution in [1.29, 1.82) is 0 Å². The molecular formula is C18H16ClN3O5. The summed E-state index contributed by atoms with van der Waals surface area (Å²) in [6.07, 6.45) is 1.03. The molecule has 3 rings (SSSR count). The van der Waals surface area contributed by atoms with Gasteiger partial charge in [-0.15, -0.1) is 0 Å². The Bertz CT molecular complexity index is 896. The van der Waals surface area contributed by atoms with Crippen molar-refractivity contribution >= 4 is 40.5 Å². The lowest BCUT2D eigenvalue weighted by Crippen LogP contribution is -2.27. The second kappa shape index (κ2) is 8.15. The first-order valence-electron chi connectivity index (χ1n) is 8.22. The molecule has 2 amide bonds. The number of hydrogen-bond donors (Lipinski definition) is 2. The minimum Gasteiger partial charge on any atom is -0.368 e. The topological polar surface area (TPSA) is 111 Å². The molecule has 2 aromatic rings. The van der Waals surface area contributed by atoms with E-state index < -0.39 is 16.9 Å². The standard InChI is InChI=1S/C18H16ClN3O5/c19-14-7-6-13(10-15(14)22(25)26)20-17(23)11-3-1-4-12(9-11)21-18(24)16-5-2-8-27-16/h1,3-4,6-7,9-10,16H,2,5,8H2,(H,20,23)(H,21,24). The first-order chi connectivity index (χ1) is 12.9. The van der Waals surface area contributed by atoms with E-state index in [1.54, 1.807) is 18.2 Å². The van der Waals surface area contributed by atoms with E-state index in [4.69, 9.17) is 16.3 Å². The molecule has 1 saturated heterocycles. The van der Waals surface area contributed by atoms with Crippen LogP contribution < -0.4 is 10.6 Å². The second-order valence-corrected chi connectivity index (χ2v) is 6.36. The number of anilines is 2. The zero-order valence-electron chi connectivity index (χ0n) is 14.1. The molecule has 1 aliphatic rings. The van der Waals surface area contributed by atoms with Crippen LogP contribution in [0.2, 0.25) is 5.02 Å². The highest BCUT2D eigenvalue weighted by Gasteiger charge is 2.23. The summed E-state index contributed by atoms with van der Waals surface area (Å²) in [7, 11) is 0. The van der Waals surface area contributed by atoms with Gasteiger partial charge in [-0.3, -0.25) is 19.7 Å². The largest absolute Gasteiger partial charge is 0.368 e. The van der Waals surface area contributed by atoms with E-state index in [1.165, 1.54) is 24.3 Å². The number of carbonyl (C=O) groups is 2. The molecule has 0 saturated carbocycles. The minimum absolute atomic E-state index is 0.0168. The number of nitrogens with one attached hydrogen (secondary N) is 2. The third-order valence-corrected chi connectivity index (χ3v) is 4.33. The highest BCUT2D eigenvalue weighted by molar-refractivity contribution is 6.32. The van der Waals surface area contributed by atoms with Gasteiger partial charge in [0.1, 0.15) is 11.1 Å². The van der Waals surface area contributed by atoms with E-state index in [1.807, 2.05) is 0 Å². The Balaban J connectivity index is 1.71. The minimum atomic E-state index is -0.626. The Labute approximate surface area is 159 Å². The van der Waals surface area contributed by atoms with Gasteiger partial charge < -0.3 is 15.4 Å². The molecule has 1 heterocycles. The molecule has 2 N–H and O–H groups in total. The maximum absolute atomic E-state index is 12.4. The normalized spacial score (nSPS) is 16.0. The van der Waals surface area contributed by atoms with E-state index in [2.05, 4.69) is 10.6 Å². The smallest absolute Gasteiger partial charge is 0.289 e.